The van der Waals surface area contributed by atoms with Crippen molar-refractivity contribution in [1.29, 1.82) is 0 Å². The Morgan fingerprint density at radius 2 is 1.65 bits per heavy atom. The van der Waals surface area contributed by atoms with E-state index in [2.05, 4.69) is 65.5 Å². The predicted molar refractivity (Wildman–Crippen MR) is 130 cm³/mol. The molecule has 0 atom stereocenters. The molecule has 31 heavy (non-hydrogen) atoms. The molecule has 3 aromatic rings. The van der Waals surface area contributed by atoms with Crippen molar-refractivity contribution in [3.8, 4) is 5.69 Å². The Labute approximate surface area is 195 Å². The summed E-state index contributed by atoms with van der Waals surface area (Å²) in [6, 6.07) is 16.1. The number of benzene rings is 2. The Balaban J connectivity index is 1.63. The SMILES string of the molecule is Cc1ccc(-n2c(C)cc(/C=C3\SC(=O)N(Cc4ccc(Br)cc4)C3=O)c2C)cc1C. The van der Waals surface area contributed by atoms with Gasteiger partial charge in [0.2, 0.25) is 0 Å². The van der Waals surface area contributed by atoms with Gasteiger partial charge in [-0.05, 0) is 98.1 Å². The fraction of sp³-hybridized carbons (Fsp3) is 0.200. The molecule has 0 aliphatic carbocycles. The molecule has 2 amide bonds. The predicted octanol–water partition coefficient (Wildman–Crippen LogP) is 6.71. The van der Waals surface area contributed by atoms with Crippen LogP contribution in [-0.2, 0) is 11.3 Å². The molecule has 1 aromatic heterocycles. The normalized spacial score (nSPS) is 15.4. The highest BCUT2D eigenvalue weighted by Crippen LogP contribution is 2.35. The smallest absolute Gasteiger partial charge is 0.293 e. The third-order valence-corrected chi connectivity index (χ3v) is 7.07. The van der Waals surface area contributed by atoms with Crippen LogP contribution in [0.1, 0.15) is 33.6 Å². The van der Waals surface area contributed by atoms with Gasteiger partial charge in [-0.2, -0.15) is 0 Å². The van der Waals surface area contributed by atoms with Gasteiger partial charge < -0.3 is 4.57 Å². The average molecular weight is 495 g/mol. The summed E-state index contributed by atoms with van der Waals surface area (Å²) in [5.74, 6) is -0.242. The number of carbonyl (C=O) groups excluding carboxylic acids is 2. The Morgan fingerprint density at radius 3 is 2.32 bits per heavy atom. The zero-order valence-corrected chi connectivity index (χ0v) is 20.3. The van der Waals surface area contributed by atoms with Gasteiger partial charge in [0, 0.05) is 21.5 Å². The number of hydrogen-bond donors (Lipinski definition) is 0. The van der Waals surface area contributed by atoms with Crippen molar-refractivity contribution >= 4 is 44.9 Å². The van der Waals surface area contributed by atoms with Crippen LogP contribution in [0.15, 0.2) is 57.9 Å². The van der Waals surface area contributed by atoms with Gasteiger partial charge in [-0.15, -0.1) is 0 Å². The van der Waals surface area contributed by atoms with E-state index >= 15 is 0 Å². The highest BCUT2D eigenvalue weighted by atomic mass is 79.9. The Bertz CT molecular complexity index is 1230. The van der Waals surface area contributed by atoms with Crippen molar-refractivity contribution in [2.45, 2.75) is 34.2 Å². The summed E-state index contributed by atoms with van der Waals surface area (Å²) in [7, 11) is 0. The number of thioether (sulfide) groups is 1. The molecule has 0 saturated carbocycles. The first-order valence-electron chi connectivity index (χ1n) is 10.0. The number of halogens is 1. The van der Waals surface area contributed by atoms with Gasteiger partial charge in [-0.1, -0.05) is 34.1 Å². The summed E-state index contributed by atoms with van der Waals surface area (Å²) in [5, 5.41) is -0.234. The van der Waals surface area contributed by atoms with Crippen LogP contribution in [0.4, 0.5) is 4.79 Å². The van der Waals surface area contributed by atoms with Crippen molar-refractivity contribution in [1.82, 2.24) is 9.47 Å². The number of rotatable bonds is 4. The second-order valence-corrected chi connectivity index (χ2v) is 9.73. The van der Waals surface area contributed by atoms with Crippen LogP contribution >= 0.6 is 27.7 Å². The molecular formula is C25H23BrN2O2S. The molecule has 0 radical (unpaired) electrons. The quantitative estimate of drug-likeness (QED) is 0.378. The molecule has 0 bridgehead atoms. The maximum absolute atomic E-state index is 12.9. The van der Waals surface area contributed by atoms with Gasteiger partial charge in [0.1, 0.15) is 0 Å². The molecule has 158 valence electrons. The van der Waals surface area contributed by atoms with Crippen LogP contribution in [0.5, 0.6) is 0 Å². The van der Waals surface area contributed by atoms with E-state index in [0.717, 1.165) is 44.4 Å². The molecule has 1 fully saturated rings. The number of aromatic nitrogens is 1. The van der Waals surface area contributed by atoms with Gasteiger partial charge in [0.15, 0.2) is 0 Å². The van der Waals surface area contributed by atoms with Crippen molar-refractivity contribution in [2.75, 3.05) is 0 Å². The van der Waals surface area contributed by atoms with E-state index in [1.165, 1.54) is 16.0 Å². The first kappa shape index (κ1) is 21.7. The topological polar surface area (TPSA) is 42.3 Å². The van der Waals surface area contributed by atoms with E-state index in [9.17, 15) is 9.59 Å². The standard InChI is InChI=1S/C25H23BrN2O2S/c1-15-5-10-22(11-16(15)2)28-17(3)12-20(18(28)4)13-23-24(29)27(25(30)31-23)14-19-6-8-21(26)9-7-19/h5-13H,14H2,1-4H3/b23-13-. The number of nitrogens with zero attached hydrogens (tertiary/aromatic N) is 2. The molecule has 4 rings (SSSR count). The number of carbonyl (C=O) groups is 2. The van der Waals surface area contributed by atoms with E-state index in [4.69, 9.17) is 0 Å². The number of hydrogen-bond acceptors (Lipinski definition) is 3. The van der Waals surface area contributed by atoms with Crippen molar-refractivity contribution in [3.63, 3.8) is 0 Å². The second-order valence-electron chi connectivity index (χ2n) is 7.82. The fourth-order valence-electron chi connectivity index (χ4n) is 3.75. The molecule has 1 aliphatic heterocycles. The molecule has 1 saturated heterocycles. The summed E-state index contributed by atoms with van der Waals surface area (Å²) >= 11 is 4.41. The minimum atomic E-state index is -0.242. The zero-order valence-electron chi connectivity index (χ0n) is 17.9. The van der Waals surface area contributed by atoms with E-state index in [1.54, 1.807) is 0 Å². The molecule has 0 unspecified atom stereocenters. The Kier molecular flexibility index (Phi) is 5.95. The molecule has 6 heteroatoms. The zero-order chi connectivity index (χ0) is 22.3. The monoisotopic (exact) mass is 494 g/mol. The van der Waals surface area contributed by atoms with Crippen LogP contribution < -0.4 is 0 Å². The number of amides is 2. The van der Waals surface area contributed by atoms with Crippen molar-refractivity contribution in [3.05, 3.63) is 91.6 Å². The van der Waals surface area contributed by atoms with Gasteiger partial charge >= 0.3 is 0 Å². The minimum Gasteiger partial charge on any atom is -0.318 e. The maximum atomic E-state index is 12.9. The maximum Gasteiger partial charge on any atom is 0.293 e. The van der Waals surface area contributed by atoms with Gasteiger partial charge in [-0.3, -0.25) is 14.5 Å². The third kappa shape index (κ3) is 4.27. The lowest BCUT2D eigenvalue weighted by Crippen LogP contribution is -2.27. The molecule has 0 N–H and O–H groups in total. The van der Waals surface area contributed by atoms with Crippen LogP contribution in [-0.4, -0.2) is 20.6 Å². The van der Waals surface area contributed by atoms with Crippen molar-refractivity contribution < 1.29 is 9.59 Å². The molecular weight excluding hydrogens is 472 g/mol. The average Bonchev–Trinajstić information content (AvgIpc) is 3.15. The number of imide groups is 1. The highest BCUT2D eigenvalue weighted by Gasteiger charge is 2.35. The first-order chi connectivity index (χ1) is 14.7. The summed E-state index contributed by atoms with van der Waals surface area (Å²) in [6.07, 6.45) is 1.84. The molecule has 1 aliphatic rings. The van der Waals surface area contributed by atoms with Gasteiger partial charge in [0.25, 0.3) is 11.1 Å². The molecule has 2 aromatic carbocycles. The number of aryl methyl sites for hydroxylation is 3. The van der Waals surface area contributed by atoms with Crippen LogP contribution in [0.2, 0.25) is 0 Å². The lowest BCUT2D eigenvalue weighted by molar-refractivity contribution is -0.123. The van der Waals surface area contributed by atoms with Crippen LogP contribution in [0, 0.1) is 27.7 Å². The van der Waals surface area contributed by atoms with E-state index < -0.39 is 0 Å². The van der Waals surface area contributed by atoms with Gasteiger partial charge in [-0.25, -0.2) is 0 Å². The van der Waals surface area contributed by atoms with Crippen LogP contribution in [0.25, 0.3) is 11.8 Å². The molecule has 2 heterocycles. The summed E-state index contributed by atoms with van der Waals surface area (Å²) < 4.78 is 3.15. The summed E-state index contributed by atoms with van der Waals surface area (Å²) in [5.41, 5.74) is 7.58. The minimum absolute atomic E-state index is 0.234. The van der Waals surface area contributed by atoms with Crippen molar-refractivity contribution in [2.24, 2.45) is 0 Å². The highest BCUT2D eigenvalue weighted by molar-refractivity contribution is 9.10. The largest absolute Gasteiger partial charge is 0.318 e. The summed E-state index contributed by atoms with van der Waals surface area (Å²) in [4.78, 5) is 27.2. The lowest BCUT2D eigenvalue weighted by atomic mass is 10.1. The lowest BCUT2D eigenvalue weighted by Gasteiger charge is -2.12. The fourth-order valence-corrected chi connectivity index (χ4v) is 4.84. The Hall–Kier alpha value is -2.57. The van der Waals surface area contributed by atoms with E-state index in [-0.39, 0.29) is 17.7 Å². The van der Waals surface area contributed by atoms with E-state index in [1.807, 2.05) is 37.3 Å². The van der Waals surface area contributed by atoms with E-state index in [0.29, 0.717) is 4.91 Å². The molecule has 0 spiro atoms. The first-order valence-corrected chi connectivity index (χ1v) is 11.6. The van der Waals surface area contributed by atoms with Crippen LogP contribution in [0.3, 0.4) is 0 Å². The van der Waals surface area contributed by atoms with Gasteiger partial charge in [0.05, 0.1) is 11.4 Å². The Morgan fingerprint density at radius 1 is 0.935 bits per heavy atom. The molecule has 4 nitrogen and oxygen atoms in total. The second kappa shape index (κ2) is 8.52. The third-order valence-electron chi connectivity index (χ3n) is 5.63. The summed E-state index contributed by atoms with van der Waals surface area (Å²) in [6.45, 7) is 8.58.